The third-order valence-electron chi connectivity index (χ3n) is 5.58. The summed E-state index contributed by atoms with van der Waals surface area (Å²) in [6.07, 6.45) is 1.30. The van der Waals surface area contributed by atoms with Crippen LogP contribution in [-0.2, 0) is 9.59 Å². The maximum Gasteiger partial charge on any atom is 0.317 e. The fourth-order valence-corrected chi connectivity index (χ4v) is 3.85. The standard InChI is InChI=1S/C22H31N5O5/c1-14(2)24-22(31)26-11-12-27(21(30)15-6-8-16(32-3)9-7-15)18(13-26)20(29)25-17-5-4-10-23-19(17)28/h6-9,14,17-18H,4-5,10-13H2,1-3H3,(H,23,28)(H,24,31)(H,25,29)/t17-,18+/m0/s1. The summed E-state index contributed by atoms with van der Waals surface area (Å²) in [6.45, 7) is 4.83. The number of amides is 5. The van der Waals surface area contributed by atoms with Gasteiger partial charge in [-0.05, 0) is 51.0 Å². The molecule has 0 aliphatic carbocycles. The number of hydrogen-bond donors (Lipinski definition) is 3. The van der Waals surface area contributed by atoms with Gasteiger partial charge in [0.2, 0.25) is 11.8 Å². The van der Waals surface area contributed by atoms with E-state index in [-0.39, 0.29) is 37.0 Å². The van der Waals surface area contributed by atoms with E-state index in [4.69, 9.17) is 4.74 Å². The van der Waals surface area contributed by atoms with Gasteiger partial charge >= 0.3 is 6.03 Å². The molecule has 2 fully saturated rings. The molecule has 174 valence electrons. The Bertz CT molecular complexity index is 857. The zero-order valence-corrected chi connectivity index (χ0v) is 18.7. The Balaban J connectivity index is 1.79. The zero-order chi connectivity index (χ0) is 23.3. The van der Waals surface area contributed by atoms with Crippen LogP contribution in [0.3, 0.4) is 0 Å². The van der Waals surface area contributed by atoms with Crippen molar-refractivity contribution in [2.24, 2.45) is 0 Å². The lowest BCUT2D eigenvalue weighted by molar-refractivity contribution is -0.133. The van der Waals surface area contributed by atoms with Crippen LogP contribution in [0.2, 0.25) is 0 Å². The average Bonchev–Trinajstić information content (AvgIpc) is 2.79. The van der Waals surface area contributed by atoms with Gasteiger partial charge in [-0.2, -0.15) is 0 Å². The van der Waals surface area contributed by atoms with Gasteiger partial charge in [-0.3, -0.25) is 14.4 Å². The molecule has 2 heterocycles. The van der Waals surface area contributed by atoms with E-state index in [1.807, 2.05) is 13.8 Å². The van der Waals surface area contributed by atoms with Crippen molar-refractivity contribution in [3.63, 3.8) is 0 Å². The molecule has 10 nitrogen and oxygen atoms in total. The fraction of sp³-hybridized carbons (Fsp3) is 0.545. The molecule has 0 aromatic heterocycles. The summed E-state index contributed by atoms with van der Waals surface area (Å²) in [7, 11) is 1.54. The predicted molar refractivity (Wildman–Crippen MR) is 117 cm³/mol. The minimum absolute atomic E-state index is 0.0423. The molecule has 3 N–H and O–H groups in total. The SMILES string of the molecule is COc1ccc(C(=O)N2CCN(C(=O)NC(C)C)C[C@@H]2C(=O)N[C@H]2CCCNC2=O)cc1. The minimum Gasteiger partial charge on any atom is -0.497 e. The molecule has 0 saturated carbocycles. The summed E-state index contributed by atoms with van der Waals surface area (Å²) in [5.74, 6) is -0.377. The second-order valence-electron chi connectivity index (χ2n) is 8.29. The quantitative estimate of drug-likeness (QED) is 0.604. The molecule has 3 rings (SSSR count). The van der Waals surface area contributed by atoms with E-state index < -0.39 is 18.0 Å². The molecule has 0 bridgehead atoms. The van der Waals surface area contributed by atoms with Crippen molar-refractivity contribution in [1.29, 1.82) is 0 Å². The Hall–Kier alpha value is -3.30. The topological polar surface area (TPSA) is 120 Å². The van der Waals surface area contributed by atoms with Crippen molar-refractivity contribution in [3.8, 4) is 5.75 Å². The molecule has 2 aliphatic rings. The van der Waals surface area contributed by atoms with E-state index in [2.05, 4.69) is 16.0 Å². The number of urea groups is 1. The van der Waals surface area contributed by atoms with E-state index in [0.29, 0.717) is 30.8 Å². The monoisotopic (exact) mass is 445 g/mol. The van der Waals surface area contributed by atoms with Crippen molar-refractivity contribution < 1.29 is 23.9 Å². The van der Waals surface area contributed by atoms with Gasteiger partial charge in [0.25, 0.3) is 5.91 Å². The van der Waals surface area contributed by atoms with Gasteiger partial charge in [0, 0.05) is 31.2 Å². The largest absolute Gasteiger partial charge is 0.497 e. The van der Waals surface area contributed by atoms with Crippen molar-refractivity contribution in [2.75, 3.05) is 33.3 Å². The Morgan fingerprint density at radius 3 is 2.50 bits per heavy atom. The smallest absolute Gasteiger partial charge is 0.317 e. The van der Waals surface area contributed by atoms with Gasteiger partial charge in [-0.25, -0.2) is 4.79 Å². The van der Waals surface area contributed by atoms with E-state index in [9.17, 15) is 19.2 Å². The highest BCUT2D eigenvalue weighted by molar-refractivity contribution is 5.99. The molecular formula is C22H31N5O5. The second kappa shape index (κ2) is 10.3. The van der Waals surface area contributed by atoms with Gasteiger partial charge < -0.3 is 30.5 Å². The van der Waals surface area contributed by atoms with Crippen LogP contribution < -0.4 is 20.7 Å². The molecule has 10 heteroatoms. The molecule has 0 unspecified atom stereocenters. The number of hydrogen-bond acceptors (Lipinski definition) is 5. The summed E-state index contributed by atoms with van der Waals surface area (Å²) >= 11 is 0. The fourth-order valence-electron chi connectivity index (χ4n) is 3.85. The van der Waals surface area contributed by atoms with Gasteiger partial charge in [-0.1, -0.05) is 0 Å². The minimum atomic E-state index is -0.911. The highest BCUT2D eigenvalue weighted by atomic mass is 16.5. The Labute approximate surface area is 187 Å². The van der Waals surface area contributed by atoms with E-state index >= 15 is 0 Å². The van der Waals surface area contributed by atoms with Gasteiger partial charge in [0.05, 0.1) is 13.7 Å². The van der Waals surface area contributed by atoms with Crippen molar-refractivity contribution in [1.82, 2.24) is 25.8 Å². The molecule has 2 atom stereocenters. The third-order valence-corrected chi connectivity index (χ3v) is 5.58. The van der Waals surface area contributed by atoms with Crippen LogP contribution in [0.5, 0.6) is 5.75 Å². The number of carbonyl (C=O) groups is 4. The number of piperidine rings is 1. The number of nitrogens with zero attached hydrogens (tertiary/aromatic N) is 2. The molecule has 2 aliphatic heterocycles. The van der Waals surface area contributed by atoms with Crippen LogP contribution in [0.25, 0.3) is 0 Å². The lowest BCUT2D eigenvalue weighted by Crippen LogP contribution is -2.64. The van der Waals surface area contributed by atoms with E-state index in [1.165, 1.54) is 9.80 Å². The second-order valence-corrected chi connectivity index (χ2v) is 8.29. The zero-order valence-electron chi connectivity index (χ0n) is 18.7. The summed E-state index contributed by atoms with van der Waals surface area (Å²) < 4.78 is 5.14. The average molecular weight is 446 g/mol. The summed E-state index contributed by atoms with van der Waals surface area (Å²) in [4.78, 5) is 54.1. The maximum absolute atomic E-state index is 13.2. The lowest BCUT2D eigenvalue weighted by atomic mass is 10.0. The van der Waals surface area contributed by atoms with Gasteiger partial charge in [0.15, 0.2) is 0 Å². The molecule has 5 amide bonds. The van der Waals surface area contributed by atoms with Crippen LogP contribution in [0.15, 0.2) is 24.3 Å². The first-order valence-corrected chi connectivity index (χ1v) is 10.9. The summed E-state index contributed by atoms with van der Waals surface area (Å²) in [6, 6.07) is 4.75. The normalized spacial score (nSPS) is 21.1. The van der Waals surface area contributed by atoms with Crippen molar-refractivity contribution in [2.45, 2.75) is 44.8 Å². The molecule has 2 saturated heterocycles. The Morgan fingerprint density at radius 2 is 1.88 bits per heavy atom. The van der Waals surface area contributed by atoms with Crippen LogP contribution in [0.1, 0.15) is 37.0 Å². The maximum atomic E-state index is 13.2. The molecule has 1 aromatic rings. The molecule has 0 spiro atoms. The molecule has 0 radical (unpaired) electrons. The number of piperazine rings is 1. The number of rotatable bonds is 5. The van der Waals surface area contributed by atoms with Crippen molar-refractivity contribution >= 4 is 23.8 Å². The highest BCUT2D eigenvalue weighted by Gasteiger charge is 2.39. The van der Waals surface area contributed by atoms with E-state index in [0.717, 1.165) is 6.42 Å². The first-order valence-electron chi connectivity index (χ1n) is 10.9. The van der Waals surface area contributed by atoms with Crippen molar-refractivity contribution in [3.05, 3.63) is 29.8 Å². The molecule has 32 heavy (non-hydrogen) atoms. The van der Waals surface area contributed by atoms with Crippen LogP contribution in [0, 0.1) is 0 Å². The number of nitrogens with one attached hydrogen (secondary N) is 3. The first kappa shape index (κ1) is 23.4. The Kier molecular flexibility index (Phi) is 7.55. The number of methoxy groups -OCH3 is 1. The Morgan fingerprint density at radius 1 is 1.16 bits per heavy atom. The lowest BCUT2D eigenvalue weighted by Gasteiger charge is -2.41. The van der Waals surface area contributed by atoms with Crippen LogP contribution in [0.4, 0.5) is 4.79 Å². The molecular weight excluding hydrogens is 414 g/mol. The van der Waals surface area contributed by atoms with Crippen LogP contribution >= 0.6 is 0 Å². The highest BCUT2D eigenvalue weighted by Crippen LogP contribution is 2.18. The predicted octanol–water partition coefficient (Wildman–Crippen LogP) is 0.334. The number of benzene rings is 1. The third kappa shape index (κ3) is 5.49. The van der Waals surface area contributed by atoms with Crippen LogP contribution in [-0.4, -0.2) is 85.0 Å². The molecule has 1 aromatic carbocycles. The number of ether oxygens (including phenoxy) is 1. The first-order chi connectivity index (χ1) is 15.3. The summed E-state index contributed by atoms with van der Waals surface area (Å²) in [5, 5.41) is 8.33. The van der Waals surface area contributed by atoms with Gasteiger partial charge in [0.1, 0.15) is 17.8 Å². The summed E-state index contributed by atoms with van der Waals surface area (Å²) in [5.41, 5.74) is 0.416. The van der Waals surface area contributed by atoms with Gasteiger partial charge in [-0.15, -0.1) is 0 Å². The number of carbonyl (C=O) groups excluding carboxylic acids is 4. The van der Waals surface area contributed by atoms with E-state index in [1.54, 1.807) is 31.4 Å².